The van der Waals surface area contributed by atoms with Crippen LogP contribution in [0.25, 0.3) is 0 Å². The van der Waals surface area contributed by atoms with Gasteiger partial charge in [-0.2, -0.15) is 0 Å². The molecule has 0 fully saturated rings. The van der Waals surface area contributed by atoms with Gasteiger partial charge in [-0.3, -0.25) is 9.59 Å². The standard InChI is InChI=1S/C25H26N2O2S/c1-18-12-14-22(15-13-18)26-24(28)17-30-19(2)25(29)27-23-11-7-6-10-21(23)16-20-8-4-3-5-9-20/h3-15,19H,16-17H2,1-2H3,(H,26,28)(H,27,29)/t19-/m0/s1. The van der Waals surface area contributed by atoms with Crippen molar-refractivity contribution in [1.82, 2.24) is 0 Å². The minimum atomic E-state index is -0.349. The lowest BCUT2D eigenvalue weighted by Gasteiger charge is -2.15. The summed E-state index contributed by atoms with van der Waals surface area (Å²) in [4.78, 5) is 24.8. The van der Waals surface area contributed by atoms with Crippen molar-refractivity contribution in [1.29, 1.82) is 0 Å². The molecule has 3 rings (SSSR count). The van der Waals surface area contributed by atoms with Crippen LogP contribution in [0.5, 0.6) is 0 Å². The second-order valence-corrected chi connectivity index (χ2v) is 8.51. The molecule has 5 heteroatoms. The molecule has 0 aromatic heterocycles. The number of amides is 2. The van der Waals surface area contributed by atoms with Crippen LogP contribution in [-0.4, -0.2) is 22.8 Å². The van der Waals surface area contributed by atoms with E-state index < -0.39 is 0 Å². The van der Waals surface area contributed by atoms with E-state index >= 15 is 0 Å². The first-order valence-corrected chi connectivity index (χ1v) is 11.0. The number of rotatable bonds is 8. The highest BCUT2D eigenvalue weighted by Gasteiger charge is 2.17. The van der Waals surface area contributed by atoms with Gasteiger partial charge in [0.2, 0.25) is 11.8 Å². The number of anilines is 2. The molecule has 2 N–H and O–H groups in total. The summed E-state index contributed by atoms with van der Waals surface area (Å²) in [7, 11) is 0. The number of carbonyl (C=O) groups is 2. The molecule has 0 aliphatic rings. The van der Waals surface area contributed by atoms with Gasteiger partial charge in [-0.1, -0.05) is 66.2 Å². The number of aryl methyl sites for hydroxylation is 1. The quantitative estimate of drug-likeness (QED) is 0.523. The monoisotopic (exact) mass is 418 g/mol. The Bertz CT molecular complexity index is 988. The number of carbonyl (C=O) groups excluding carboxylic acids is 2. The Morgan fingerprint density at radius 3 is 2.27 bits per heavy atom. The highest BCUT2D eigenvalue weighted by atomic mass is 32.2. The largest absolute Gasteiger partial charge is 0.325 e. The van der Waals surface area contributed by atoms with Gasteiger partial charge in [0.1, 0.15) is 0 Å². The van der Waals surface area contributed by atoms with Crippen LogP contribution >= 0.6 is 11.8 Å². The van der Waals surface area contributed by atoms with Crippen LogP contribution in [-0.2, 0) is 16.0 Å². The summed E-state index contributed by atoms with van der Waals surface area (Å²) in [6.45, 7) is 3.82. The van der Waals surface area contributed by atoms with E-state index in [1.54, 1.807) is 0 Å². The van der Waals surface area contributed by atoms with Crippen molar-refractivity contribution in [2.24, 2.45) is 0 Å². The van der Waals surface area contributed by atoms with E-state index in [0.717, 1.165) is 28.9 Å². The molecule has 1 atom stereocenters. The van der Waals surface area contributed by atoms with Crippen LogP contribution in [0.4, 0.5) is 11.4 Å². The number of para-hydroxylation sites is 1. The molecule has 0 saturated heterocycles. The van der Waals surface area contributed by atoms with Gasteiger partial charge in [0, 0.05) is 11.4 Å². The van der Waals surface area contributed by atoms with Crippen LogP contribution in [0.1, 0.15) is 23.6 Å². The maximum Gasteiger partial charge on any atom is 0.237 e. The first-order valence-electron chi connectivity index (χ1n) is 9.92. The molecule has 0 heterocycles. The number of thioether (sulfide) groups is 1. The number of benzene rings is 3. The average molecular weight is 419 g/mol. The van der Waals surface area contributed by atoms with E-state index in [9.17, 15) is 9.59 Å². The molecular weight excluding hydrogens is 392 g/mol. The lowest BCUT2D eigenvalue weighted by atomic mass is 10.0. The fourth-order valence-corrected chi connectivity index (χ4v) is 3.64. The third kappa shape index (κ3) is 6.49. The molecule has 30 heavy (non-hydrogen) atoms. The third-order valence-electron chi connectivity index (χ3n) is 4.68. The SMILES string of the molecule is Cc1ccc(NC(=O)CS[C@@H](C)C(=O)Nc2ccccc2Cc2ccccc2)cc1. The Balaban J connectivity index is 1.53. The van der Waals surface area contributed by atoms with E-state index in [1.165, 1.54) is 17.3 Å². The van der Waals surface area contributed by atoms with Crippen LogP contribution in [0.2, 0.25) is 0 Å². The molecule has 0 aliphatic heterocycles. The fraction of sp³-hybridized carbons (Fsp3) is 0.200. The van der Waals surface area contributed by atoms with E-state index in [1.807, 2.05) is 80.6 Å². The smallest absolute Gasteiger partial charge is 0.237 e. The van der Waals surface area contributed by atoms with Gasteiger partial charge in [-0.25, -0.2) is 0 Å². The van der Waals surface area contributed by atoms with Gasteiger partial charge >= 0.3 is 0 Å². The summed E-state index contributed by atoms with van der Waals surface area (Å²) >= 11 is 1.32. The predicted octanol–water partition coefficient (Wildman–Crippen LogP) is 5.28. The maximum absolute atomic E-state index is 12.7. The molecule has 3 aromatic carbocycles. The number of hydrogen-bond acceptors (Lipinski definition) is 3. The van der Waals surface area contributed by atoms with Gasteiger partial charge in [0.15, 0.2) is 0 Å². The van der Waals surface area contributed by atoms with Crippen molar-refractivity contribution < 1.29 is 9.59 Å². The molecule has 0 saturated carbocycles. The molecule has 2 amide bonds. The average Bonchev–Trinajstić information content (AvgIpc) is 2.75. The molecule has 3 aromatic rings. The van der Waals surface area contributed by atoms with Crippen molar-refractivity contribution in [3.8, 4) is 0 Å². The van der Waals surface area contributed by atoms with E-state index in [-0.39, 0.29) is 22.8 Å². The number of nitrogens with one attached hydrogen (secondary N) is 2. The maximum atomic E-state index is 12.7. The Labute approximate surface area is 182 Å². The highest BCUT2D eigenvalue weighted by Crippen LogP contribution is 2.21. The summed E-state index contributed by atoms with van der Waals surface area (Å²) in [5.41, 5.74) is 4.96. The van der Waals surface area contributed by atoms with Gasteiger partial charge < -0.3 is 10.6 Å². The molecule has 0 aliphatic carbocycles. The lowest BCUT2D eigenvalue weighted by Crippen LogP contribution is -2.25. The van der Waals surface area contributed by atoms with Gasteiger partial charge in [0.25, 0.3) is 0 Å². The summed E-state index contributed by atoms with van der Waals surface area (Å²) in [5.74, 6) is -0.00895. The molecular formula is C25H26N2O2S. The summed E-state index contributed by atoms with van der Waals surface area (Å²) in [6, 6.07) is 25.6. The normalized spacial score (nSPS) is 11.5. The van der Waals surface area contributed by atoms with E-state index in [0.29, 0.717) is 0 Å². The first kappa shape index (κ1) is 21.7. The molecule has 0 radical (unpaired) electrons. The minimum absolute atomic E-state index is 0.108. The van der Waals surface area contributed by atoms with Crippen LogP contribution in [0, 0.1) is 6.92 Å². The highest BCUT2D eigenvalue weighted by molar-refractivity contribution is 8.01. The Hall–Kier alpha value is -3.05. The predicted molar refractivity (Wildman–Crippen MR) is 126 cm³/mol. The van der Waals surface area contributed by atoms with Crippen molar-refractivity contribution in [3.05, 3.63) is 95.6 Å². The van der Waals surface area contributed by atoms with Crippen molar-refractivity contribution in [2.75, 3.05) is 16.4 Å². The molecule has 154 valence electrons. The van der Waals surface area contributed by atoms with Crippen molar-refractivity contribution in [3.63, 3.8) is 0 Å². The molecule has 0 unspecified atom stereocenters. The van der Waals surface area contributed by atoms with Crippen molar-refractivity contribution in [2.45, 2.75) is 25.5 Å². The topological polar surface area (TPSA) is 58.2 Å². The molecule has 0 bridgehead atoms. The minimum Gasteiger partial charge on any atom is -0.325 e. The lowest BCUT2D eigenvalue weighted by molar-refractivity contribution is -0.115. The molecule has 4 nitrogen and oxygen atoms in total. The fourth-order valence-electron chi connectivity index (χ4n) is 2.96. The molecule has 0 spiro atoms. The Kier molecular flexibility index (Phi) is 7.69. The van der Waals surface area contributed by atoms with Crippen LogP contribution < -0.4 is 10.6 Å². The summed E-state index contributed by atoms with van der Waals surface area (Å²) in [5, 5.41) is 5.53. The second kappa shape index (κ2) is 10.6. The van der Waals surface area contributed by atoms with Gasteiger partial charge in [-0.15, -0.1) is 11.8 Å². The summed E-state index contributed by atoms with van der Waals surface area (Å²) < 4.78 is 0. The van der Waals surface area contributed by atoms with Crippen LogP contribution in [0.3, 0.4) is 0 Å². The van der Waals surface area contributed by atoms with E-state index in [2.05, 4.69) is 22.8 Å². The first-order chi connectivity index (χ1) is 14.5. The number of hydrogen-bond donors (Lipinski definition) is 2. The third-order valence-corrected chi connectivity index (χ3v) is 5.82. The van der Waals surface area contributed by atoms with Gasteiger partial charge in [-0.05, 0) is 49.6 Å². The zero-order valence-corrected chi connectivity index (χ0v) is 18.0. The zero-order chi connectivity index (χ0) is 21.3. The van der Waals surface area contributed by atoms with Crippen LogP contribution in [0.15, 0.2) is 78.9 Å². The Morgan fingerprint density at radius 2 is 1.53 bits per heavy atom. The summed E-state index contributed by atoms with van der Waals surface area (Å²) in [6.07, 6.45) is 0.748. The van der Waals surface area contributed by atoms with Crippen molar-refractivity contribution >= 4 is 35.0 Å². The van der Waals surface area contributed by atoms with E-state index in [4.69, 9.17) is 0 Å². The second-order valence-electron chi connectivity index (χ2n) is 7.18. The zero-order valence-electron chi connectivity index (χ0n) is 17.2. The van der Waals surface area contributed by atoms with Gasteiger partial charge in [0.05, 0.1) is 11.0 Å². The Morgan fingerprint density at radius 1 is 0.867 bits per heavy atom.